The SMILES string of the molecule is Nc1cccc2c(=O)[n-][nH]c(=O)c12.O.[Na+]. The molecule has 0 aliphatic carbocycles. The van der Waals surface area contributed by atoms with Gasteiger partial charge in [0, 0.05) is 11.1 Å². The Hall–Kier alpha value is -1.08. The van der Waals surface area contributed by atoms with Crippen LogP contribution in [0.25, 0.3) is 10.8 Å². The van der Waals surface area contributed by atoms with Crippen LogP contribution in [0.15, 0.2) is 27.8 Å². The van der Waals surface area contributed by atoms with Crippen LogP contribution in [-0.2, 0) is 0 Å². The van der Waals surface area contributed by atoms with E-state index in [1.807, 2.05) is 0 Å². The predicted octanol–water partition coefficient (Wildman–Crippen LogP) is -4.39. The van der Waals surface area contributed by atoms with Crippen LogP contribution >= 0.6 is 0 Å². The zero-order chi connectivity index (χ0) is 9.42. The van der Waals surface area contributed by atoms with Gasteiger partial charge in [-0.2, -0.15) is 0 Å². The number of aromatic amines is 1. The van der Waals surface area contributed by atoms with Crippen LogP contribution in [0.2, 0.25) is 0 Å². The van der Waals surface area contributed by atoms with Crippen LogP contribution in [0.1, 0.15) is 0 Å². The molecule has 0 fully saturated rings. The Morgan fingerprint density at radius 1 is 1.27 bits per heavy atom. The number of nitrogens with one attached hydrogen (secondary N) is 1. The monoisotopic (exact) mass is 217 g/mol. The Morgan fingerprint density at radius 2 is 1.93 bits per heavy atom. The molecule has 0 amide bonds. The van der Waals surface area contributed by atoms with Crippen LogP contribution in [0.4, 0.5) is 5.69 Å². The number of benzene rings is 1. The molecule has 2 rings (SSSR count). The number of hydrogen-bond donors (Lipinski definition) is 2. The third kappa shape index (κ3) is 2.29. The maximum atomic E-state index is 11.2. The second-order valence-electron chi connectivity index (χ2n) is 2.63. The van der Waals surface area contributed by atoms with E-state index < -0.39 is 11.1 Å². The van der Waals surface area contributed by atoms with E-state index in [1.54, 1.807) is 12.1 Å². The zero-order valence-corrected chi connectivity index (χ0v) is 10.1. The predicted molar refractivity (Wildman–Crippen MR) is 52.2 cm³/mol. The van der Waals surface area contributed by atoms with Crippen molar-refractivity contribution in [3.8, 4) is 0 Å². The average Bonchev–Trinajstić information content (AvgIpc) is 2.12. The second kappa shape index (κ2) is 5.13. The summed E-state index contributed by atoms with van der Waals surface area (Å²) < 4.78 is 0. The third-order valence-electron chi connectivity index (χ3n) is 1.81. The normalized spacial score (nSPS) is 9.07. The molecule has 74 valence electrons. The van der Waals surface area contributed by atoms with Gasteiger partial charge in [-0.3, -0.25) is 4.79 Å². The number of nitrogen functional groups attached to an aromatic ring is 1. The van der Waals surface area contributed by atoms with Crippen molar-refractivity contribution in [3.05, 3.63) is 38.9 Å². The molecule has 0 atom stereocenters. The van der Waals surface area contributed by atoms with E-state index in [0.29, 0.717) is 5.69 Å². The summed E-state index contributed by atoms with van der Waals surface area (Å²) in [5.41, 5.74) is 4.92. The molecule has 0 aliphatic rings. The molecular formula is C8H8N3NaO3. The summed E-state index contributed by atoms with van der Waals surface area (Å²) in [5.74, 6) is 0. The van der Waals surface area contributed by atoms with E-state index in [4.69, 9.17) is 5.73 Å². The van der Waals surface area contributed by atoms with Gasteiger partial charge in [-0.1, -0.05) is 12.1 Å². The number of nitrogens with zero attached hydrogens (tertiary/aromatic N) is 1. The molecule has 0 radical (unpaired) electrons. The van der Waals surface area contributed by atoms with E-state index in [9.17, 15) is 9.59 Å². The fraction of sp³-hybridized carbons (Fsp3) is 0. The van der Waals surface area contributed by atoms with E-state index in [-0.39, 0.29) is 45.8 Å². The summed E-state index contributed by atoms with van der Waals surface area (Å²) in [6.45, 7) is 0. The van der Waals surface area contributed by atoms with Crippen molar-refractivity contribution in [2.24, 2.45) is 0 Å². The molecule has 0 saturated heterocycles. The molecule has 1 heterocycles. The van der Waals surface area contributed by atoms with Crippen LogP contribution < -0.4 is 51.5 Å². The van der Waals surface area contributed by atoms with E-state index in [0.717, 1.165) is 0 Å². The molecule has 0 spiro atoms. The number of anilines is 1. The molecule has 0 unspecified atom stereocenters. The number of rotatable bonds is 0. The van der Waals surface area contributed by atoms with E-state index in [2.05, 4.69) is 10.2 Å². The smallest absolute Gasteiger partial charge is 0.560 e. The minimum atomic E-state index is -0.470. The van der Waals surface area contributed by atoms with Crippen LogP contribution in [0.3, 0.4) is 0 Å². The van der Waals surface area contributed by atoms with Gasteiger partial charge in [0.2, 0.25) is 5.56 Å². The van der Waals surface area contributed by atoms with Crippen molar-refractivity contribution in [2.45, 2.75) is 0 Å². The fourth-order valence-electron chi connectivity index (χ4n) is 1.22. The maximum absolute atomic E-state index is 11.2. The van der Waals surface area contributed by atoms with E-state index in [1.165, 1.54) is 6.07 Å². The van der Waals surface area contributed by atoms with Crippen molar-refractivity contribution in [3.63, 3.8) is 0 Å². The van der Waals surface area contributed by atoms with Crippen molar-refractivity contribution in [1.29, 1.82) is 0 Å². The largest absolute Gasteiger partial charge is 1.00 e. The van der Waals surface area contributed by atoms with Gasteiger partial charge in [-0.15, -0.1) is 0 Å². The fourth-order valence-corrected chi connectivity index (χ4v) is 1.22. The van der Waals surface area contributed by atoms with Crippen LogP contribution in [-0.4, -0.2) is 10.6 Å². The summed E-state index contributed by atoms with van der Waals surface area (Å²) in [7, 11) is 0. The summed E-state index contributed by atoms with van der Waals surface area (Å²) in [4.78, 5) is 22.4. The maximum Gasteiger partial charge on any atom is 1.00 e. The number of hydrogen-bond acceptors (Lipinski definition) is 3. The standard InChI is InChI=1S/C8H7N3O2.Na.H2O/c9-5-3-1-2-4-6(5)8(13)11-10-7(4)12;;/h1-3H,(H4,9,10,11,12,13);;1H2/q;+1;/p-1. The first-order chi connectivity index (χ1) is 6.20. The molecular weight excluding hydrogens is 209 g/mol. The number of aromatic nitrogens is 2. The summed E-state index contributed by atoms with van der Waals surface area (Å²) >= 11 is 0. The Kier molecular flexibility index (Phi) is 4.76. The molecule has 6 nitrogen and oxygen atoms in total. The van der Waals surface area contributed by atoms with Crippen LogP contribution in [0.5, 0.6) is 0 Å². The summed E-state index contributed by atoms with van der Waals surface area (Å²) in [6, 6.07) is 4.70. The summed E-state index contributed by atoms with van der Waals surface area (Å²) in [5, 5.41) is 5.85. The van der Waals surface area contributed by atoms with Gasteiger partial charge in [-0.05, 0) is 6.07 Å². The minimum absolute atomic E-state index is 0. The molecule has 1 aromatic carbocycles. The van der Waals surface area contributed by atoms with Gasteiger partial charge in [0.1, 0.15) is 0 Å². The topological polar surface area (TPSA) is 122 Å². The second-order valence-corrected chi connectivity index (χ2v) is 2.63. The number of H-pyrrole nitrogens is 1. The minimum Gasteiger partial charge on any atom is -0.560 e. The summed E-state index contributed by atoms with van der Waals surface area (Å²) in [6.07, 6.45) is 0. The zero-order valence-electron chi connectivity index (χ0n) is 8.07. The Bertz CT molecular complexity index is 575. The Labute approximate surface area is 106 Å². The molecule has 7 heteroatoms. The van der Waals surface area contributed by atoms with Crippen molar-refractivity contribution < 1.29 is 35.0 Å². The van der Waals surface area contributed by atoms with E-state index >= 15 is 0 Å². The first kappa shape index (κ1) is 13.9. The quantitative estimate of drug-likeness (QED) is 0.341. The first-order valence-electron chi connectivity index (χ1n) is 3.64. The molecule has 0 saturated carbocycles. The number of nitrogens with two attached hydrogens (primary N) is 1. The first-order valence-corrected chi connectivity index (χ1v) is 3.64. The average molecular weight is 217 g/mol. The molecule has 5 N–H and O–H groups in total. The van der Waals surface area contributed by atoms with Gasteiger partial charge >= 0.3 is 29.6 Å². The van der Waals surface area contributed by atoms with Gasteiger partial charge in [0.25, 0.3) is 0 Å². The van der Waals surface area contributed by atoms with Crippen LogP contribution in [0, 0.1) is 0 Å². The molecule has 2 aromatic rings. The molecule has 0 bridgehead atoms. The Morgan fingerprint density at radius 3 is 2.53 bits per heavy atom. The molecule has 15 heavy (non-hydrogen) atoms. The van der Waals surface area contributed by atoms with Crippen molar-refractivity contribution in [1.82, 2.24) is 10.2 Å². The van der Waals surface area contributed by atoms with Crippen molar-refractivity contribution >= 4 is 16.5 Å². The van der Waals surface area contributed by atoms with Gasteiger partial charge < -0.3 is 26.2 Å². The van der Waals surface area contributed by atoms with Gasteiger partial charge in [-0.25, -0.2) is 0 Å². The van der Waals surface area contributed by atoms with Gasteiger partial charge in [0.15, 0.2) is 0 Å². The van der Waals surface area contributed by atoms with Crippen molar-refractivity contribution in [2.75, 3.05) is 5.73 Å². The number of fused-ring (bicyclic) bond motifs is 1. The molecule has 1 aromatic heterocycles. The molecule has 0 aliphatic heterocycles. The third-order valence-corrected chi connectivity index (χ3v) is 1.81. The van der Waals surface area contributed by atoms with Gasteiger partial charge in [0.05, 0.1) is 10.9 Å². The Balaban J connectivity index is 0.000000980.